The molecule has 0 radical (unpaired) electrons. The van der Waals surface area contributed by atoms with Crippen LogP contribution in [-0.2, 0) is 0 Å². The third-order valence-corrected chi connectivity index (χ3v) is 5.44. The number of hydrogen-bond donors (Lipinski definition) is 2. The molecule has 7 heteroatoms. The number of aromatic nitrogens is 2. The molecule has 0 aliphatic carbocycles. The number of nitrogens with one attached hydrogen (secondary N) is 2. The van der Waals surface area contributed by atoms with Gasteiger partial charge in [0.2, 0.25) is 5.95 Å². The molecule has 2 N–H and O–H groups in total. The molecule has 150 valence electrons. The average Bonchev–Trinajstić information content (AvgIpc) is 2.60. The van der Waals surface area contributed by atoms with Crippen molar-refractivity contribution in [2.24, 2.45) is 11.8 Å². The quantitative estimate of drug-likeness (QED) is 0.761. The number of nitrogens with zero attached hydrogens (tertiary/aromatic N) is 4. The van der Waals surface area contributed by atoms with Gasteiger partial charge in [-0.3, -0.25) is 0 Å². The molecule has 0 unspecified atom stereocenters. The summed E-state index contributed by atoms with van der Waals surface area (Å²) >= 11 is 5.42. The molecule has 2 fully saturated rings. The van der Waals surface area contributed by atoms with E-state index in [0.29, 0.717) is 22.9 Å². The van der Waals surface area contributed by atoms with Gasteiger partial charge in [-0.05, 0) is 63.6 Å². The molecule has 2 atom stereocenters. The Balaban J connectivity index is 1.86. The van der Waals surface area contributed by atoms with Crippen LogP contribution in [0.4, 0.5) is 17.6 Å². The highest BCUT2D eigenvalue weighted by Crippen LogP contribution is 2.29. The zero-order valence-corrected chi connectivity index (χ0v) is 18.0. The highest BCUT2D eigenvalue weighted by atomic mass is 32.1. The molecule has 0 aromatic carbocycles. The summed E-state index contributed by atoms with van der Waals surface area (Å²) in [6.45, 7) is 13.0. The molecule has 0 bridgehead atoms. The van der Waals surface area contributed by atoms with Gasteiger partial charge in [-0.15, -0.1) is 0 Å². The van der Waals surface area contributed by atoms with E-state index >= 15 is 0 Å². The maximum absolute atomic E-state index is 5.42. The Hall–Kier alpha value is -1.63. The molecule has 6 nitrogen and oxygen atoms in total. The third-order valence-electron chi connectivity index (χ3n) is 5.22. The molecule has 2 saturated heterocycles. The van der Waals surface area contributed by atoms with E-state index in [1.54, 1.807) is 0 Å². The zero-order chi connectivity index (χ0) is 19.4. The molecule has 0 saturated carbocycles. The van der Waals surface area contributed by atoms with Crippen molar-refractivity contribution in [2.75, 3.05) is 41.3 Å². The van der Waals surface area contributed by atoms with Crippen molar-refractivity contribution >= 4 is 34.9 Å². The average molecular weight is 391 g/mol. The number of hydrogen-bond acceptors (Lipinski definition) is 5. The number of rotatable bonds is 4. The molecule has 0 spiro atoms. The molecule has 3 rings (SSSR count). The largest absolute Gasteiger partial charge is 0.360 e. The molecule has 1 aromatic heterocycles. The van der Waals surface area contributed by atoms with E-state index in [1.165, 1.54) is 25.7 Å². The minimum absolute atomic E-state index is 0.276. The summed E-state index contributed by atoms with van der Waals surface area (Å²) in [7, 11) is 0. The molecule has 0 amide bonds. The SMILES string of the molecule is CC(C)NC(=S)Nc1nc(N2CCCCC2)cc(N2C[C@H](C)C[C@H](C)C2)n1. The fraction of sp³-hybridized carbons (Fsp3) is 0.750. The van der Waals surface area contributed by atoms with E-state index in [9.17, 15) is 0 Å². The van der Waals surface area contributed by atoms with Crippen LogP contribution in [0.5, 0.6) is 0 Å². The Morgan fingerprint density at radius 3 is 2.22 bits per heavy atom. The maximum Gasteiger partial charge on any atom is 0.232 e. The second kappa shape index (κ2) is 9.04. The summed E-state index contributed by atoms with van der Waals surface area (Å²) in [5.74, 6) is 3.99. The van der Waals surface area contributed by atoms with Crippen LogP contribution in [0.1, 0.15) is 53.4 Å². The number of anilines is 3. The molecule has 1 aromatic rings. The number of piperidine rings is 2. The van der Waals surface area contributed by atoms with Gasteiger partial charge in [0.1, 0.15) is 11.6 Å². The summed E-state index contributed by atoms with van der Waals surface area (Å²) in [5, 5.41) is 6.99. The first-order chi connectivity index (χ1) is 12.9. The number of thiocarbonyl (C=S) groups is 1. The lowest BCUT2D eigenvalue weighted by molar-refractivity contribution is 0.355. The standard InChI is InChI=1S/C20H34N6S/c1-14(2)21-20(27)24-19-22-17(25-8-6-5-7-9-25)11-18(23-19)26-12-15(3)10-16(4)13-26/h11,14-16H,5-10,12-13H2,1-4H3,(H2,21,22,23,24,27)/t15-,16+. The van der Waals surface area contributed by atoms with Gasteiger partial charge in [0.15, 0.2) is 5.11 Å². The van der Waals surface area contributed by atoms with E-state index in [2.05, 4.69) is 54.2 Å². The van der Waals surface area contributed by atoms with Gasteiger partial charge in [-0.25, -0.2) is 0 Å². The van der Waals surface area contributed by atoms with E-state index in [0.717, 1.165) is 37.8 Å². The summed E-state index contributed by atoms with van der Waals surface area (Å²) in [4.78, 5) is 14.4. The Morgan fingerprint density at radius 1 is 1.04 bits per heavy atom. The predicted molar refractivity (Wildman–Crippen MR) is 118 cm³/mol. The van der Waals surface area contributed by atoms with Gasteiger partial charge in [0.25, 0.3) is 0 Å². The van der Waals surface area contributed by atoms with Crippen molar-refractivity contribution in [2.45, 2.75) is 59.4 Å². The van der Waals surface area contributed by atoms with Crippen molar-refractivity contribution in [1.29, 1.82) is 0 Å². The first-order valence-corrected chi connectivity index (χ1v) is 10.8. The van der Waals surface area contributed by atoms with Gasteiger partial charge in [-0.2, -0.15) is 9.97 Å². The van der Waals surface area contributed by atoms with E-state index in [1.807, 2.05) is 0 Å². The monoisotopic (exact) mass is 390 g/mol. The van der Waals surface area contributed by atoms with Crippen LogP contribution < -0.4 is 20.4 Å². The molecule has 27 heavy (non-hydrogen) atoms. The fourth-order valence-electron chi connectivity index (χ4n) is 4.17. The lowest BCUT2D eigenvalue weighted by atomic mass is 9.92. The summed E-state index contributed by atoms with van der Waals surface area (Å²) in [6.07, 6.45) is 5.05. The topological polar surface area (TPSA) is 56.3 Å². The van der Waals surface area contributed by atoms with Crippen LogP contribution in [0.2, 0.25) is 0 Å². The highest BCUT2D eigenvalue weighted by molar-refractivity contribution is 7.80. The molecular formula is C20H34N6S. The predicted octanol–water partition coefficient (Wildman–Crippen LogP) is 3.64. The molecule has 3 heterocycles. The Labute approximate surface area is 169 Å². The minimum Gasteiger partial charge on any atom is -0.360 e. The lowest BCUT2D eigenvalue weighted by Crippen LogP contribution is -2.40. The zero-order valence-electron chi connectivity index (χ0n) is 17.2. The van der Waals surface area contributed by atoms with Crippen LogP contribution in [0.3, 0.4) is 0 Å². The summed E-state index contributed by atoms with van der Waals surface area (Å²) < 4.78 is 0. The normalized spacial score (nSPS) is 23.4. The van der Waals surface area contributed by atoms with Crippen LogP contribution in [-0.4, -0.2) is 47.3 Å². The van der Waals surface area contributed by atoms with Gasteiger partial charge in [0.05, 0.1) is 0 Å². The fourth-order valence-corrected chi connectivity index (χ4v) is 4.50. The first-order valence-electron chi connectivity index (χ1n) is 10.4. The smallest absolute Gasteiger partial charge is 0.232 e. The Kier molecular flexibility index (Phi) is 6.73. The van der Waals surface area contributed by atoms with Gasteiger partial charge >= 0.3 is 0 Å². The van der Waals surface area contributed by atoms with Gasteiger partial charge < -0.3 is 20.4 Å². The van der Waals surface area contributed by atoms with Gasteiger partial charge in [0, 0.05) is 38.3 Å². The Morgan fingerprint density at radius 2 is 1.63 bits per heavy atom. The highest BCUT2D eigenvalue weighted by Gasteiger charge is 2.25. The second-order valence-corrected chi connectivity index (χ2v) is 8.97. The van der Waals surface area contributed by atoms with Crippen LogP contribution in [0.25, 0.3) is 0 Å². The lowest BCUT2D eigenvalue weighted by Gasteiger charge is -2.36. The van der Waals surface area contributed by atoms with E-state index in [-0.39, 0.29) is 6.04 Å². The van der Waals surface area contributed by atoms with Crippen LogP contribution in [0.15, 0.2) is 6.07 Å². The van der Waals surface area contributed by atoms with Crippen molar-refractivity contribution in [3.8, 4) is 0 Å². The Bertz CT molecular complexity index is 633. The van der Waals surface area contributed by atoms with Crippen molar-refractivity contribution in [1.82, 2.24) is 15.3 Å². The van der Waals surface area contributed by atoms with Crippen molar-refractivity contribution in [3.63, 3.8) is 0 Å². The second-order valence-electron chi connectivity index (χ2n) is 8.56. The van der Waals surface area contributed by atoms with E-state index in [4.69, 9.17) is 22.2 Å². The molecule has 2 aliphatic heterocycles. The third kappa shape index (κ3) is 5.67. The molecule has 2 aliphatic rings. The van der Waals surface area contributed by atoms with Crippen molar-refractivity contribution < 1.29 is 0 Å². The minimum atomic E-state index is 0.276. The van der Waals surface area contributed by atoms with Crippen LogP contribution in [0, 0.1) is 11.8 Å². The van der Waals surface area contributed by atoms with Crippen molar-refractivity contribution in [3.05, 3.63) is 6.07 Å². The molecular weight excluding hydrogens is 356 g/mol. The maximum atomic E-state index is 5.42. The van der Waals surface area contributed by atoms with Gasteiger partial charge in [-0.1, -0.05) is 13.8 Å². The first kappa shape index (κ1) is 20.1. The summed E-state index contributed by atoms with van der Waals surface area (Å²) in [5.41, 5.74) is 0. The summed E-state index contributed by atoms with van der Waals surface area (Å²) in [6, 6.07) is 2.44. The van der Waals surface area contributed by atoms with E-state index < -0.39 is 0 Å². The van der Waals surface area contributed by atoms with Crippen LogP contribution >= 0.6 is 12.2 Å².